The Balaban J connectivity index is 0.00000264. The first-order valence-corrected chi connectivity index (χ1v) is 8.43. The lowest BCUT2D eigenvalue weighted by Gasteiger charge is -2.35. The van der Waals surface area contributed by atoms with E-state index in [1.807, 2.05) is 17.1 Å². The van der Waals surface area contributed by atoms with Gasteiger partial charge in [0.2, 0.25) is 0 Å². The van der Waals surface area contributed by atoms with E-state index in [4.69, 9.17) is 0 Å². The van der Waals surface area contributed by atoms with Crippen LogP contribution in [0.4, 0.5) is 0 Å². The number of hydrogen-bond acceptors (Lipinski definition) is 3. The molecule has 0 unspecified atom stereocenters. The fourth-order valence-electron chi connectivity index (χ4n) is 2.77. The highest BCUT2D eigenvalue weighted by Crippen LogP contribution is 2.12. The fraction of sp³-hybridized carbons (Fsp3) is 0.750. The van der Waals surface area contributed by atoms with Gasteiger partial charge in [0.1, 0.15) is 0 Å². The van der Waals surface area contributed by atoms with Gasteiger partial charge >= 0.3 is 0 Å². The lowest BCUT2D eigenvalue weighted by atomic mass is 10.0. The van der Waals surface area contributed by atoms with Crippen LogP contribution >= 0.6 is 24.0 Å². The summed E-state index contributed by atoms with van der Waals surface area (Å²) in [5, 5.41) is 6.93. The van der Waals surface area contributed by atoms with Crippen LogP contribution in [0.25, 0.3) is 0 Å². The highest BCUT2D eigenvalue weighted by Gasteiger charge is 2.21. The first kappa shape index (κ1) is 20.2. The third-order valence-electron chi connectivity index (χ3n) is 4.13. The molecule has 1 aromatic rings. The van der Waals surface area contributed by atoms with Crippen molar-refractivity contribution < 1.29 is 0 Å². The van der Waals surface area contributed by atoms with Crippen LogP contribution in [-0.4, -0.2) is 58.7 Å². The van der Waals surface area contributed by atoms with E-state index in [2.05, 4.69) is 46.3 Å². The second kappa shape index (κ2) is 10.9. The molecule has 2 rings (SSSR count). The van der Waals surface area contributed by atoms with E-state index in [1.165, 1.54) is 25.9 Å². The van der Waals surface area contributed by atoms with Crippen molar-refractivity contribution in [1.82, 2.24) is 25.1 Å². The number of aliphatic imine (C=N–C) groups is 1. The summed E-state index contributed by atoms with van der Waals surface area (Å²) in [4.78, 5) is 11.3. The van der Waals surface area contributed by atoms with Crippen molar-refractivity contribution in [2.45, 2.75) is 52.2 Å². The Morgan fingerprint density at radius 2 is 2.09 bits per heavy atom. The minimum Gasteiger partial charge on any atom is -0.357 e. The van der Waals surface area contributed by atoms with Gasteiger partial charge in [-0.15, -0.1) is 24.0 Å². The average Bonchev–Trinajstić information content (AvgIpc) is 3.01. The standard InChI is InChI=1S/C16H30N6.HI/c1-4-18-16(19-8-12-21-11-7-17-13-21)20-15-5-9-22(10-6-15)14(2)3;/h7,11,13-15H,4-6,8-10,12H2,1-3H3,(H2,18,19,20);1H. The first-order valence-electron chi connectivity index (χ1n) is 8.43. The number of hydrogen-bond donors (Lipinski definition) is 2. The molecule has 0 bridgehead atoms. The molecule has 1 aromatic heterocycles. The molecule has 0 aliphatic carbocycles. The van der Waals surface area contributed by atoms with Crippen LogP contribution in [0.5, 0.6) is 0 Å². The Hall–Kier alpha value is -0.830. The van der Waals surface area contributed by atoms with Crippen LogP contribution in [-0.2, 0) is 6.54 Å². The van der Waals surface area contributed by atoms with E-state index in [0.29, 0.717) is 12.1 Å². The molecule has 1 fully saturated rings. The number of likely N-dealkylation sites (tertiary alicyclic amines) is 1. The van der Waals surface area contributed by atoms with Crippen LogP contribution in [0.15, 0.2) is 23.7 Å². The first-order chi connectivity index (χ1) is 10.7. The van der Waals surface area contributed by atoms with Crippen molar-refractivity contribution in [3.8, 4) is 0 Å². The van der Waals surface area contributed by atoms with Crippen LogP contribution in [0.3, 0.4) is 0 Å². The monoisotopic (exact) mass is 434 g/mol. The zero-order valence-electron chi connectivity index (χ0n) is 14.5. The molecule has 1 aliphatic rings. The highest BCUT2D eigenvalue weighted by molar-refractivity contribution is 14.0. The molecule has 1 aliphatic heterocycles. The molecule has 0 atom stereocenters. The van der Waals surface area contributed by atoms with Gasteiger partial charge < -0.3 is 20.1 Å². The maximum Gasteiger partial charge on any atom is 0.191 e. The van der Waals surface area contributed by atoms with Crippen molar-refractivity contribution in [2.24, 2.45) is 4.99 Å². The van der Waals surface area contributed by atoms with Crippen LogP contribution in [0.2, 0.25) is 0 Å². The van der Waals surface area contributed by atoms with E-state index in [9.17, 15) is 0 Å². The molecule has 23 heavy (non-hydrogen) atoms. The summed E-state index contributed by atoms with van der Waals surface area (Å²) >= 11 is 0. The lowest BCUT2D eigenvalue weighted by molar-refractivity contribution is 0.167. The molecule has 6 nitrogen and oxygen atoms in total. The molecule has 0 saturated carbocycles. The van der Waals surface area contributed by atoms with E-state index in [-0.39, 0.29) is 24.0 Å². The number of aromatic nitrogens is 2. The Morgan fingerprint density at radius 3 is 2.65 bits per heavy atom. The van der Waals surface area contributed by atoms with E-state index >= 15 is 0 Å². The Morgan fingerprint density at radius 1 is 1.35 bits per heavy atom. The normalized spacial score (nSPS) is 17.1. The van der Waals surface area contributed by atoms with Crippen LogP contribution in [0.1, 0.15) is 33.6 Å². The Labute approximate surface area is 157 Å². The molecule has 0 amide bonds. The van der Waals surface area contributed by atoms with Crippen molar-refractivity contribution in [3.63, 3.8) is 0 Å². The largest absolute Gasteiger partial charge is 0.357 e. The topological polar surface area (TPSA) is 57.5 Å². The zero-order chi connectivity index (χ0) is 15.8. The number of imidazole rings is 1. The van der Waals surface area contributed by atoms with Gasteiger partial charge in [0.05, 0.1) is 12.9 Å². The number of nitrogens with one attached hydrogen (secondary N) is 2. The number of piperidine rings is 1. The maximum absolute atomic E-state index is 4.67. The van der Waals surface area contributed by atoms with Crippen LogP contribution < -0.4 is 10.6 Å². The predicted octanol–water partition coefficient (Wildman–Crippen LogP) is 1.93. The van der Waals surface area contributed by atoms with Crippen molar-refractivity contribution in [3.05, 3.63) is 18.7 Å². The SMILES string of the molecule is CCNC(=NCCn1ccnc1)NC1CCN(C(C)C)CC1.I. The summed E-state index contributed by atoms with van der Waals surface area (Å²) in [6.45, 7) is 11.5. The second-order valence-corrected chi connectivity index (χ2v) is 6.11. The van der Waals surface area contributed by atoms with Gasteiger partial charge in [0, 0.05) is 50.7 Å². The van der Waals surface area contributed by atoms with Crippen LogP contribution in [0, 0.1) is 0 Å². The van der Waals surface area contributed by atoms with Gasteiger partial charge in [0.15, 0.2) is 5.96 Å². The molecule has 0 radical (unpaired) electrons. The molecule has 0 spiro atoms. The smallest absolute Gasteiger partial charge is 0.191 e. The maximum atomic E-state index is 4.67. The molecular formula is C16H31IN6. The third kappa shape index (κ3) is 7.07. The average molecular weight is 434 g/mol. The molecule has 2 heterocycles. The molecule has 0 aromatic carbocycles. The van der Waals surface area contributed by atoms with Crippen molar-refractivity contribution in [2.75, 3.05) is 26.2 Å². The van der Waals surface area contributed by atoms with Gasteiger partial charge in [-0.05, 0) is 33.6 Å². The number of guanidine groups is 1. The summed E-state index contributed by atoms with van der Waals surface area (Å²) < 4.78 is 2.05. The molecule has 1 saturated heterocycles. The number of rotatable bonds is 6. The highest BCUT2D eigenvalue weighted by atomic mass is 127. The number of halogens is 1. The van der Waals surface area contributed by atoms with Gasteiger partial charge in [0.25, 0.3) is 0 Å². The molecular weight excluding hydrogens is 403 g/mol. The van der Waals surface area contributed by atoms with Gasteiger partial charge in [-0.2, -0.15) is 0 Å². The molecule has 132 valence electrons. The van der Waals surface area contributed by atoms with Gasteiger partial charge in [-0.25, -0.2) is 4.98 Å². The van der Waals surface area contributed by atoms with E-state index in [0.717, 1.165) is 25.6 Å². The predicted molar refractivity (Wildman–Crippen MR) is 106 cm³/mol. The summed E-state index contributed by atoms with van der Waals surface area (Å²) in [7, 11) is 0. The lowest BCUT2D eigenvalue weighted by Crippen LogP contribution is -2.49. The van der Waals surface area contributed by atoms with E-state index in [1.54, 1.807) is 6.20 Å². The summed E-state index contributed by atoms with van der Waals surface area (Å²) in [5.41, 5.74) is 0. The molecule has 2 N–H and O–H groups in total. The summed E-state index contributed by atoms with van der Waals surface area (Å²) in [6.07, 6.45) is 7.97. The van der Waals surface area contributed by atoms with Gasteiger partial charge in [-0.3, -0.25) is 4.99 Å². The molecule has 7 heteroatoms. The van der Waals surface area contributed by atoms with Gasteiger partial charge in [-0.1, -0.05) is 0 Å². The summed E-state index contributed by atoms with van der Waals surface area (Å²) in [6, 6.07) is 1.18. The quantitative estimate of drug-likeness (QED) is 0.408. The third-order valence-corrected chi connectivity index (χ3v) is 4.13. The Kier molecular flexibility index (Phi) is 9.54. The summed E-state index contributed by atoms with van der Waals surface area (Å²) in [5.74, 6) is 0.936. The minimum absolute atomic E-state index is 0. The Bertz CT molecular complexity index is 437. The van der Waals surface area contributed by atoms with E-state index < -0.39 is 0 Å². The fourth-order valence-corrected chi connectivity index (χ4v) is 2.77. The number of nitrogens with zero attached hydrogens (tertiary/aromatic N) is 4. The zero-order valence-corrected chi connectivity index (χ0v) is 16.9. The second-order valence-electron chi connectivity index (χ2n) is 6.11. The van der Waals surface area contributed by atoms with Crippen molar-refractivity contribution >= 4 is 29.9 Å². The van der Waals surface area contributed by atoms with Crippen molar-refractivity contribution in [1.29, 1.82) is 0 Å². The minimum atomic E-state index is 0.